The maximum Gasteiger partial charge on any atom is 0.0597 e. The van der Waals surface area contributed by atoms with Gasteiger partial charge in [-0.25, -0.2) is 0 Å². The van der Waals surface area contributed by atoms with E-state index in [4.69, 9.17) is 4.74 Å². The van der Waals surface area contributed by atoms with Crippen LogP contribution in [0.15, 0.2) is 0 Å². The molecule has 1 saturated carbocycles. The monoisotopic (exact) mass is 270 g/mol. The van der Waals surface area contributed by atoms with Crippen LogP contribution >= 0.6 is 0 Å². The third kappa shape index (κ3) is 5.83. The van der Waals surface area contributed by atoms with Crippen molar-refractivity contribution < 1.29 is 9.84 Å². The van der Waals surface area contributed by atoms with Gasteiger partial charge in [-0.15, -0.1) is 0 Å². The molecule has 2 atom stereocenters. The lowest BCUT2D eigenvalue weighted by Gasteiger charge is -2.41. The van der Waals surface area contributed by atoms with Gasteiger partial charge in [0.25, 0.3) is 0 Å². The van der Waals surface area contributed by atoms with Crippen LogP contribution in [0.25, 0.3) is 0 Å². The minimum Gasteiger partial charge on any atom is -0.390 e. The first-order chi connectivity index (χ1) is 8.41. The lowest BCUT2D eigenvalue weighted by molar-refractivity contribution is -0.0670. The van der Waals surface area contributed by atoms with Crippen molar-refractivity contribution in [2.24, 2.45) is 16.7 Å². The van der Waals surface area contributed by atoms with Crippen molar-refractivity contribution in [3.63, 3.8) is 0 Å². The number of rotatable bonds is 5. The van der Waals surface area contributed by atoms with E-state index < -0.39 is 5.60 Å². The molecule has 1 aliphatic carbocycles. The highest BCUT2D eigenvalue weighted by Crippen LogP contribution is 2.41. The van der Waals surface area contributed by atoms with Gasteiger partial charge in [0.2, 0.25) is 0 Å². The first-order valence-electron chi connectivity index (χ1n) is 7.75. The van der Waals surface area contributed by atoms with E-state index in [-0.39, 0.29) is 5.41 Å². The van der Waals surface area contributed by atoms with Crippen molar-refractivity contribution in [2.45, 2.75) is 85.9 Å². The summed E-state index contributed by atoms with van der Waals surface area (Å²) in [4.78, 5) is 0. The Bertz CT molecular complexity index is 286. The van der Waals surface area contributed by atoms with E-state index in [1.807, 2.05) is 13.8 Å². The number of aliphatic hydroxyl groups is 1. The van der Waals surface area contributed by atoms with Gasteiger partial charge in [0, 0.05) is 0 Å². The standard InChI is InChI=1S/C17H34O2/c1-13-10-14(8-9-16(13,4)5)19-12-15(2,3)11-17(6,7)18/h13-14,18H,8-12H2,1-7H3. The van der Waals surface area contributed by atoms with Crippen molar-refractivity contribution >= 4 is 0 Å². The normalized spacial score (nSPS) is 28.4. The molecule has 2 unspecified atom stereocenters. The highest BCUT2D eigenvalue weighted by Gasteiger charge is 2.35. The van der Waals surface area contributed by atoms with Gasteiger partial charge in [-0.05, 0) is 56.3 Å². The van der Waals surface area contributed by atoms with Gasteiger partial charge in [0.1, 0.15) is 0 Å². The Balaban J connectivity index is 2.41. The fourth-order valence-corrected chi connectivity index (χ4v) is 3.33. The van der Waals surface area contributed by atoms with Crippen LogP contribution in [-0.4, -0.2) is 23.4 Å². The van der Waals surface area contributed by atoms with Crippen molar-refractivity contribution in [2.75, 3.05) is 6.61 Å². The molecular weight excluding hydrogens is 236 g/mol. The van der Waals surface area contributed by atoms with E-state index in [0.717, 1.165) is 18.9 Å². The minimum atomic E-state index is -0.616. The first kappa shape index (κ1) is 17.0. The fraction of sp³-hybridized carbons (Fsp3) is 1.00. The summed E-state index contributed by atoms with van der Waals surface area (Å²) in [5, 5.41) is 9.95. The zero-order chi connectivity index (χ0) is 14.9. The smallest absolute Gasteiger partial charge is 0.0597 e. The van der Waals surface area contributed by atoms with E-state index in [0.29, 0.717) is 11.5 Å². The van der Waals surface area contributed by atoms with Crippen LogP contribution in [0.2, 0.25) is 0 Å². The van der Waals surface area contributed by atoms with E-state index in [1.54, 1.807) is 0 Å². The summed E-state index contributed by atoms with van der Waals surface area (Å²) in [6, 6.07) is 0. The quantitative estimate of drug-likeness (QED) is 0.802. The zero-order valence-corrected chi connectivity index (χ0v) is 14.0. The van der Waals surface area contributed by atoms with Crippen LogP contribution in [0.4, 0.5) is 0 Å². The zero-order valence-electron chi connectivity index (χ0n) is 14.0. The number of hydrogen-bond acceptors (Lipinski definition) is 2. The molecule has 1 N–H and O–H groups in total. The van der Waals surface area contributed by atoms with E-state index in [9.17, 15) is 5.11 Å². The molecule has 2 heteroatoms. The molecule has 114 valence electrons. The summed E-state index contributed by atoms with van der Waals surface area (Å²) in [5.41, 5.74) is -0.119. The molecule has 0 saturated heterocycles. The Morgan fingerprint density at radius 2 is 1.79 bits per heavy atom. The third-order valence-electron chi connectivity index (χ3n) is 4.68. The highest BCUT2D eigenvalue weighted by molar-refractivity contribution is 4.85. The lowest BCUT2D eigenvalue weighted by Crippen LogP contribution is -2.37. The lowest BCUT2D eigenvalue weighted by atomic mass is 9.69. The highest BCUT2D eigenvalue weighted by atomic mass is 16.5. The molecule has 0 amide bonds. The van der Waals surface area contributed by atoms with Crippen LogP contribution in [0.1, 0.15) is 74.1 Å². The van der Waals surface area contributed by atoms with Gasteiger partial charge in [-0.1, -0.05) is 34.6 Å². The van der Waals surface area contributed by atoms with Crippen LogP contribution in [0.5, 0.6) is 0 Å². The molecular formula is C17H34O2. The maximum absolute atomic E-state index is 9.95. The molecule has 2 nitrogen and oxygen atoms in total. The Kier molecular flexibility index (Phi) is 5.12. The molecule has 1 fully saturated rings. The molecule has 0 spiro atoms. The largest absolute Gasteiger partial charge is 0.390 e. The van der Waals surface area contributed by atoms with E-state index in [1.165, 1.54) is 19.3 Å². The minimum absolute atomic E-state index is 0.0362. The van der Waals surface area contributed by atoms with Gasteiger partial charge < -0.3 is 9.84 Å². The summed E-state index contributed by atoms with van der Waals surface area (Å²) in [6.45, 7) is 15.9. The molecule has 0 heterocycles. The summed E-state index contributed by atoms with van der Waals surface area (Å²) < 4.78 is 6.15. The average molecular weight is 270 g/mol. The third-order valence-corrected chi connectivity index (χ3v) is 4.68. The summed E-state index contributed by atoms with van der Waals surface area (Å²) >= 11 is 0. The van der Waals surface area contributed by atoms with Crippen LogP contribution in [0, 0.1) is 16.7 Å². The average Bonchev–Trinajstić information content (AvgIpc) is 2.17. The first-order valence-corrected chi connectivity index (χ1v) is 7.75. The van der Waals surface area contributed by atoms with E-state index >= 15 is 0 Å². The Morgan fingerprint density at radius 3 is 2.26 bits per heavy atom. The molecule has 0 aliphatic heterocycles. The predicted molar refractivity (Wildman–Crippen MR) is 81.2 cm³/mol. The van der Waals surface area contributed by atoms with Gasteiger partial charge >= 0.3 is 0 Å². The Morgan fingerprint density at radius 1 is 1.21 bits per heavy atom. The topological polar surface area (TPSA) is 29.5 Å². The molecule has 19 heavy (non-hydrogen) atoms. The van der Waals surface area contributed by atoms with Crippen molar-refractivity contribution in [3.05, 3.63) is 0 Å². The SMILES string of the molecule is CC1CC(OCC(C)(C)CC(C)(C)O)CCC1(C)C. The molecule has 0 bridgehead atoms. The molecule has 1 rings (SSSR count). The summed E-state index contributed by atoms with van der Waals surface area (Å²) in [6.07, 6.45) is 4.78. The van der Waals surface area contributed by atoms with Crippen molar-refractivity contribution in [3.8, 4) is 0 Å². The second kappa shape index (κ2) is 5.73. The Hall–Kier alpha value is -0.0800. The molecule has 1 aliphatic rings. The molecule has 0 aromatic heterocycles. The summed E-state index contributed by atoms with van der Waals surface area (Å²) in [5.74, 6) is 0.726. The molecule has 0 aromatic rings. The second-order valence-electron chi connectivity index (χ2n) is 8.75. The Labute approximate surface area is 119 Å². The van der Waals surface area contributed by atoms with Gasteiger partial charge in [-0.2, -0.15) is 0 Å². The molecule has 0 radical (unpaired) electrons. The van der Waals surface area contributed by atoms with Gasteiger partial charge in [0.05, 0.1) is 18.3 Å². The summed E-state index contributed by atoms with van der Waals surface area (Å²) in [7, 11) is 0. The number of ether oxygens (including phenoxy) is 1. The van der Waals surface area contributed by atoms with Crippen LogP contribution < -0.4 is 0 Å². The maximum atomic E-state index is 9.95. The predicted octanol–water partition coefficient (Wildman–Crippen LogP) is 4.41. The molecule has 0 aromatic carbocycles. The number of hydrogen-bond donors (Lipinski definition) is 1. The van der Waals surface area contributed by atoms with Gasteiger partial charge in [0.15, 0.2) is 0 Å². The van der Waals surface area contributed by atoms with Crippen LogP contribution in [0.3, 0.4) is 0 Å². The van der Waals surface area contributed by atoms with Crippen molar-refractivity contribution in [1.29, 1.82) is 0 Å². The second-order valence-corrected chi connectivity index (χ2v) is 8.75. The van der Waals surface area contributed by atoms with Crippen LogP contribution in [-0.2, 0) is 4.74 Å². The van der Waals surface area contributed by atoms with Gasteiger partial charge in [-0.3, -0.25) is 0 Å². The van der Waals surface area contributed by atoms with Crippen molar-refractivity contribution in [1.82, 2.24) is 0 Å². The fourth-order valence-electron chi connectivity index (χ4n) is 3.33. The van der Waals surface area contributed by atoms with E-state index in [2.05, 4.69) is 34.6 Å².